The molecular formula is C86H144N2O22. The predicted molar refractivity (Wildman–Crippen MR) is 466 cm³/mol. The molecule has 1 saturated carbocycles. The average molecular weight is 1560 g/mol. The summed E-state index contributed by atoms with van der Waals surface area (Å²) in [4.78, 5) is 51.2. The van der Waals surface area contributed by atoms with Gasteiger partial charge >= 0.3 is 5.97 Å². The fourth-order valence-corrected chi connectivity index (χ4v) is 10.9. The number of Topliss-reactive ketones (excluding diaryl/α,β-unsaturated/α-hetero) is 1. The summed E-state index contributed by atoms with van der Waals surface area (Å²) in [5, 5.41) is 71.3. The van der Waals surface area contributed by atoms with E-state index < -0.39 is 72.0 Å². The van der Waals surface area contributed by atoms with Gasteiger partial charge in [0, 0.05) is 229 Å². The summed E-state index contributed by atoms with van der Waals surface area (Å²) in [6, 6.07) is -1.02. The molecule has 24 heteroatoms. The summed E-state index contributed by atoms with van der Waals surface area (Å²) in [6.07, 6.45) is 12.2. The van der Waals surface area contributed by atoms with Crippen molar-refractivity contribution in [2.75, 3.05) is 27.9 Å². The van der Waals surface area contributed by atoms with Gasteiger partial charge in [-0.2, -0.15) is 0 Å². The molecule has 630 valence electrons. The number of methoxy groups -OCH3 is 3. The number of carbonyl (C=O) groups excluding carboxylic acids is 3. The number of aliphatic hydroxyl groups excluding tert-OH is 2. The zero-order chi connectivity index (χ0) is 80.7. The van der Waals surface area contributed by atoms with Gasteiger partial charge in [-0.3, -0.25) is 9.59 Å². The third kappa shape index (κ3) is 40.2. The van der Waals surface area contributed by atoms with Crippen LogP contribution in [0, 0.1) is 279 Å². The van der Waals surface area contributed by atoms with Gasteiger partial charge in [-0.05, 0) is 257 Å². The van der Waals surface area contributed by atoms with Crippen molar-refractivity contribution in [3.63, 3.8) is 0 Å². The molecule has 14 atom stereocenters. The predicted octanol–water partition coefficient (Wildman–Crippen LogP) is 13.0. The van der Waals surface area contributed by atoms with E-state index in [1.165, 1.54) is 10.5 Å². The van der Waals surface area contributed by atoms with Gasteiger partial charge in [0.2, 0.25) is 5.79 Å². The molecule has 0 aromatic heterocycles. The molecular weight excluding hydrogens is 1410 g/mol. The van der Waals surface area contributed by atoms with E-state index in [2.05, 4.69) is 321 Å². The van der Waals surface area contributed by atoms with Crippen LogP contribution in [0.25, 0.3) is 0 Å². The molecule has 3 aliphatic heterocycles. The fourth-order valence-electron chi connectivity index (χ4n) is 10.9. The zero-order valence-electron chi connectivity index (χ0n) is 62.1. The van der Waals surface area contributed by atoms with Crippen LogP contribution in [0.3, 0.4) is 0 Å². The number of fused-ring (bicyclic) bond motifs is 3. The Morgan fingerprint density at radius 2 is 1.01 bits per heavy atom. The van der Waals surface area contributed by atoms with Crippen LogP contribution in [0.2, 0.25) is 0 Å². The van der Waals surface area contributed by atoms with E-state index in [-0.39, 0.29) is 89.8 Å². The number of rotatable bonds is 15. The highest BCUT2D eigenvalue weighted by Crippen LogP contribution is 2.39. The van der Waals surface area contributed by atoms with Crippen molar-refractivity contribution in [2.45, 2.75) is 180 Å². The molecule has 0 aromatic rings. The van der Waals surface area contributed by atoms with Crippen molar-refractivity contribution in [1.82, 2.24) is 10.5 Å². The normalized spacial score (nSPS) is 23.7. The minimum absolute atomic E-state index is 0. The van der Waals surface area contributed by atoms with Crippen molar-refractivity contribution in [3.05, 3.63) is 23.3 Å². The first-order chi connectivity index (χ1) is 53.4. The molecule has 1 aliphatic carbocycles. The maximum absolute atomic E-state index is 14.3. The maximum atomic E-state index is 14.3. The largest absolute Gasteiger partial charge is 0.456 e. The first kappa shape index (κ1) is 94.2. The standard InChI is InChI=1S/C43H71NO11.C43H4.H3NO11.33H2/c1-10-31-20-25(2)19-26(3)21-36(52-8)39-37(53-9)23-29(6)43(50,55-39)40(47)41(48)44-18-12-11-13-32(44)42(49)54-38(27(4)14-16-33(31)45)28(5)22-30-15-17-34(46)35(24-30)51-7;1-3-5-7-9-11-13-15-17-19-21-23-25-27-29-31-33-35-37-39-41-43-42-40-38-36-34-32-30-28-26-24-22-20-18-16-14-12-10-8-6-4-2;2-6-10-8-4-1-5-9-12-11-7-3;;;;;;;;;;;;;;;;;;;;;;;;;;;;;;;;;/h20,22,26-27,29-39,45-46,50H,10-19,21,23-24H2,1-9H3;1H,2H3;1-3H;33*1H/b25-20+,28-22+;;;;;;;;;;;;;;;;;;;;;;;;;;;;;;;;;;;/t26-,27+,29+,30-,31+,32-,33+,34+,35+,36-,37-,38-,39+,43+;;;;;;;;;;;;;;;;;;;;;;;;;;;;;;;;;;;/m0.................................../s1. The van der Waals surface area contributed by atoms with Gasteiger partial charge in [-0.1, -0.05) is 61.3 Å². The monoisotopic (exact) mass is 1560 g/mol. The number of piperidine rings is 1. The van der Waals surface area contributed by atoms with Gasteiger partial charge < -0.3 is 43.9 Å². The third-order valence-corrected chi connectivity index (χ3v) is 15.8. The number of cyclic esters (lactones) is 1. The molecule has 4 rings (SSSR count). The third-order valence-electron chi connectivity index (χ3n) is 15.8. The van der Waals surface area contributed by atoms with Crippen LogP contribution in [0.4, 0.5) is 0 Å². The number of aliphatic hydroxyl groups is 3. The number of hydrogen-bond acceptors (Lipinski definition) is 23. The molecule has 6 N–H and O–H groups in total. The molecule has 3 heterocycles. The van der Waals surface area contributed by atoms with E-state index in [1.54, 1.807) is 35.2 Å². The zero-order valence-corrected chi connectivity index (χ0v) is 62.1. The Balaban J connectivity index is -0.0000000430. The van der Waals surface area contributed by atoms with E-state index in [0.29, 0.717) is 51.4 Å². The summed E-state index contributed by atoms with van der Waals surface area (Å²) in [5.41, 5.74) is 3.37. The number of hydrogen-bond donors (Lipinski definition) is 6. The van der Waals surface area contributed by atoms with Crippen LogP contribution in [0.5, 0.6) is 0 Å². The number of amides is 1. The molecule has 2 saturated heterocycles. The Morgan fingerprint density at radius 1 is 0.582 bits per heavy atom. The summed E-state index contributed by atoms with van der Waals surface area (Å²) >= 11 is 0. The van der Waals surface area contributed by atoms with Crippen molar-refractivity contribution >= 4 is 17.7 Å². The molecule has 4 aliphatic rings. The maximum Gasteiger partial charge on any atom is 0.329 e. The summed E-state index contributed by atoms with van der Waals surface area (Å²) in [5.74, 6) is 95.9. The van der Waals surface area contributed by atoms with Gasteiger partial charge in [0.15, 0.2) is 0 Å². The lowest BCUT2D eigenvalue weighted by Gasteiger charge is -2.47. The average Bonchev–Trinajstić information content (AvgIpc) is 0.821. The molecule has 1 amide bonds. The highest BCUT2D eigenvalue weighted by Gasteiger charge is 2.56. The van der Waals surface area contributed by atoms with Gasteiger partial charge in [-0.15, -0.1) is 6.42 Å². The SMILES string of the molecule is C#CC#CC#CC#CC#CC#CC#CC#CC#CC#CC#CC#CC#CC#CC#CC#CC#CC#CC#CC#CC#CC.CC[C@@H]1/C=C(\C)C[C@H](C)C[C@H](OC)[C@H]2O[C@@](O)(C(=O)C(=O)N3CCCC[C@H]3C(=O)O[C@H](/C(C)=C/[C@@H]3CC[C@@H](O)[C@H](OC)C3)[C@H](C)CC[C@H]1O)[C@H](C)C[C@@H]2OC.OOOOONOOOOOO.[HH].[HH].[HH].[HH].[HH].[HH].[HH].[HH].[HH].[HH].[HH].[HH].[HH].[HH].[HH].[HH].[HH].[HH].[HH].[HH].[HH].[HH].[HH].[HH].[HH].[HH].[HH].[HH].[HH].[HH].[HH].[HH].[HH]. The van der Waals surface area contributed by atoms with Crippen LogP contribution < -0.4 is 5.64 Å². The van der Waals surface area contributed by atoms with Crippen LogP contribution in [-0.2, 0) is 83.3 Å². The Kier molecular flexibility index (Phi) is 51.5. The number of ether oxygens (including phenoxy) is 5. The second-order valence-corrected chi connectivity index (χ2v) is 23.2. The van der Waals surface area contributed by atoms with E-state index in [9.17, 15) is 29.7 Å². The second-order valence-electron chi connectivity index (χ2n) is 23.2. The van der Waals surface area contributed by atoms with E-state index in [0.717, 1.165) is 30.4 Å². The highest BCUT2D eigenvalue weighted by molar-refractivity contribution is 6.39. The first-order valence-electron chi connectivity index (χ1n) is 33.6. The van der Waals surface area contributed by atoms with E-state index >= 15 is 0 Å². The van der Waals surface area contributed by atoms with Crippen LogP contribution in [-0.4, -0.2) is 131 Å². The Hall–Kier alpha value is -11.9. The van der Waals surface area contributed by atoms with Crippen molar-refractivity contribution in [3.8, 4) is 249 Å². The molecule has 0 spiro atoms. The molecule has 2 bridgehead atoms. The number of carbonyl (C=O) groups is 3. The molecule has 24 nitrogen and oxygen atoms in total. The van der Waals surface area contributed by atoms with Crippen molar-refractivity contribution in [2.24, 2.45) is 29.6 Å². The van der Waals surface area contributed by atoms with Gasteiger partial charge in [0.1, 0.15) is 18.2 Å². The van der Waals surface area contributed by atoms with Gasteiger partial charge in [0.25, 0.3) is 11.7 Å². The van der Waals surface area contributed by atoms with Crippen LogP contribution >= 0.6 is 0 Å². The number of esters is 1. The van der Waals surface area contributed by atoms with E-state index in [1.807, 2.05) is 13.8 Å². The van der Waals surface area contributed by atoms with E-state index in [4.69, 9.17) is 40.6 Å². The fraction of sp³-hybridized carbons (Fsp3) is 0.430. The minimum Gasteiger partial charge on any atom is -0.456 e. The van der Waals surface area contributed by atoms with Crippen LogP contribution in [0.1, 0.15) is 173 Å². The lowest BCUT2D eigenvalue weighted by atomic mass is 9.82. The molecule has 0 unspecified atom stereocenters. The van der Waals surface area contributed by atoms with Gasteiger partial charge in [0.05, 0.1) is 30.5 Å². The number of nitrogens with zero attached hydrogens (tertiary/aromatic N) is 1. The molecule has 3 fully saturated rings. The lowest BCUT2D eigenvalue weighted by molar-refractivity contribution is -0.781. The smallest absolute Gasteiger partial charge is 0.329 e. The molecule has 0 aromatic carbocycles. The lowest BCUT2D eigenvalue weighted by Crippen LogP contribution is -2.64. The number of nitrogens with one attached hydrogen (secondary N) is 1. The molecule has 110 heavy (non-hydrogen) atoms. The van der Waals surface area contributed by atoms with Gasteiger partial charge in [-0.25, -0.2) is 15.3 Å². The summed E-state index contributed by atoms with van der Waals surface area (Å²) in [7, 11) is 4.73. The minimum atomic E-state index is -2.45. The summed E-state index contributed by atoms with van der Waals surface area (Å²) < 4.78 is 30.0. The summed E-state index contributed by atoms with van der Waals surface area (Å²) in [6.45, 7) is 13.7. The van der Waals surface area contributed by atoms with Crippen molar-refractivity contribution in [1.29, 1.82) is 0 Å². The Bertz CT molecular complexity index is 4740. The number of ketones is 1. The number of allylic oxidation sites excluding steroid dienone is 2. The second kappa shape index (κ2) is 60.1. The Morgan fingerprint density at radius 3 is 1.45 bits per heavy atom. The van der Waals surface area contributed by atoms with Crippen molar-refractivity contribution < 1.29 is 156 Å². The topological polar surface area (TPSA) is 297 Å². The quantitative estimate of drug-likeness (QED) is 0.0169. The van der Waals surface area contributed by atoms with Crippen LogP contribution in [0.15, 0.2) is 23.3 Å². The molecule has 0 radical (unpaired) electrons. The number of terminal acetylenes is 1. The first-order valence-corrected chi connectivity index (χ1v) is 33.6. The Labute approximate surface area is 693 Å². The highest BCUT2D eigenvalue weighted by atomic mass is 17.8.